The first kappa shape index (κ1) is 51.2. The summed E-state index contributed by atoms with van der Waals surface area (Å²) >= 11 is 0. The molecule has 1 unspecified atom stereocenters. The van der Waals surface area contributed by atoms with E-state index in [9.17, 15) is 22.6 Å². The van der Waals surface area contributed by atoms with Crippen LogP contribution in [0.2, 0.25) is 0 Å². The normalized spacial score (nSPS) is 11.8. The molecule has 0 aliphatic carbocycles. The number of carbonyl (C=O) groups excluding carboxylic acids is 2. The molecule has 0 saturated carbocycles. The average Bonchev–Trinajstić information content (AvgIpc) is 2.99. The van der Waals surface area contributed by atoms with Gasteiger partial charge in [-0.3, -0.25) is 14.1 Å². The molecule has 0 aromatic rings. The molecule has 0 heterocycles. The maximum absolute atomic E-state index is 12.3. The van der Waals surface area contributed by atoms with Crippen molar-refractivity contribution in [1.82, 2.24) is 0 Å². The van der Waals surface area contributed by atoms with Crippen molar-refractivity contribution in [2.24, 2.45) is 0 Å². The van der Waals surface area contributed by atoms with E-state index >= 15 is 0 Å². The summed E-state index contributed by atoms with van der Waals surface area (Å²) in [6, 6.07) is 0. The van der Waals surface area contributed by atoms with Crippen LogP contribution in [-0.4, -0.2) is 43.4 Å². The molecule has 1 atom stereocenters. The molecule has 0 aliphatic rings. The van der Waals surface area contributed by atoms with Crippen molar-refractivity contribution >= 4 is 22.1 Å². The second-order valence-corrected chi connectivity index (χ2v) is 14.4. The van der Waals surface area contributed by atoms with Crippen molar-refractivity contribution in [2.45, 2.75) is 205 Å². The van der Waals surface area contributed by atoms with E-state index in [2.05, 4.69) is 13.8 Å². The predicted octanol–water partition coefficient (Wildman–Crippen LogP) is 4.91. The first-order chi connectivity index (χ1) is 21.3. The van der Waals surface area contributed by atoms with Crippen LogP contribution in [0.3, 0.4) is 0 Å². The van der Waals surface area contributed by atoms with E-state index in [0.717, 1.165) is 32.1 Å². The standard InChI is InChI=1S/C36H70O7S.2Na.2H/c1-3-5-7-9-11-13-15-17-19-21-23-25-27-29-31-42-35(37)33-34(44(39,40)41)36(38)43-32-30-28-26-24-22-20-18-16-14-12-10-8-6-4-2;;;;/h34H,3-33H2,1-2H3,(H,39,40,41);;;;/q;2*+1;2*-1. The summed E-state index contributed by atoms with van der Waals surface area (Å²) < 4.78 is 43.2. The van der Waals surface area contributed by atoms with E-state index < -0.39 is 33.7 Å². The SMILES string of the molecule is CCCCCCCCCCCCCCCCOC(=O)CC(C(=O)OCCCCCCCCCCCCCCCC)S(=O)(=O)O.[H-].[H-].[Na+].[Na+]. The van der Waals surface area contributed by atoms with Gasteiger partial charge in [-0.15, -0.1) is 0 Å². The quantitative estimate of drug-likeness (QED) is 0.0442. The third-order valence-corrected chi connectivity index (χ3v) is 9.56. The minimum atomic E-state index is -4.77. The Bertz CT molecular complexity index is 777. The summed E-state index contributed by atoms with van der Waals surface area (Å²) in [5.74, 6) is -1.90. The third kappa shape index (κ3) is 36.1. The van der Waals surface area contributed by atoms with Crippen LogP contribution in [0.5, 0.6) is 0 Å². The van der Waals surface area contributed by atoms with Gasteiger partial charge in [-0.05, 0) is 12.8 Å². The Balaban J connectivity index is -0.00000154. The summed E-state index contributed by atoms with van der Waals surface area (Å²) in [7, 11) is -4.77. The Morgan fingerprint density at radius 3 is 1.04 bits per heavy atom. The molecular weight excluding hydrogens is 622 g/mol. The Morgan fingerprint density at radius 2 is 0.761 bits per heavy atom. The molecule has 46 heavy (non-hydrogen) atoms. The second kappa shape index (κ2) is 38.6. The zero-order chi connectivity index (χ0) is 32.6. The third-order valence-electron chi connectivity index (χ3n) is 8.48. The van der Waals surface area contributed by atoms with Crippen LogP contribution in [0.25, 0.3) is 0 Å². The molecule has 10 heteroatoms. The summed E-state index contributed by atoms with van der Waals surface area (Å²) in [6.45, 7) is 4.76. The van der Waals surface area contributed by atoms with Gasteiger partial charge in [0.25, 0.3) is 10.1 Å². The second-order valence-electron chi connectivity index (χ2n) is 12.8. The molecule has 0 rings (SSSR count). The van der Waals surface area contributed by atoms with Crippen molar-refractivity contribution in [3.8, 4) is 0 Å². The van der Waals surface area contributed by atoms with Crippen molar-refractivity contribution in [3.63, 3.8) is 0 Å². The Hall–Kier alpha value is 0.850. The number of unbranched alkanes of at least 4 members (excludes halogenated alkanes) is 26. The molecule has 0 amide bonds. The maximum atomic E-state index is 12.3. The minimum Gasteiger partial charge on any atom is -1.00 e. The van der Waals surface area contributed by atoms with Gasteiger partial charge in [0, 0.05) is 0 Å². The first-order valence-corrected chi connectivity index (χ1v) is 20.1. The van der Waals surface area contributed by atoms with E-state index in [1.54, 1.807) is 0 Å². The van der Waals surface area contributed by atoms with Crippen LogP contribution in [0.15, 0.2) is 0 Å². The van der Waals surface area contributed by atoms with Crippen LogP contribution in [0, 0.1) is 0 Å². The summed E-state index contributed by atoms with van der Waals surface area (Å²) in [4.78, 5) is 24.4. The first-order valence-electron chi connectivity index (χ1n) is 18.6. The van der Waals surface area contributed by atoms with Gasteiger partial charge in [-0.25, -0.2) is 0 Å². The van der Waals surface area contributed by atoms with Crippen molar-refractivity contribution in [1.29, 1.82) is 0 Å². The molecule has 1 N–H and O–H groups in total. The molecule has 0 aromatic carbocycles. The van der Waals surface area contributed by atoms with E-state index in [1.807, 2.05) is 0 Å². The van der Waals surface area contributed by atoms with E-state index in [1.165, 1.54) is 135 Å². The summed E-state index contributed by atoms with van der Waals surface area (Å²) in [6.07, 6.45) is 33.3. The Kier molecular flexibility index (Phi) is 43.0. The molecule has 0 aliphatic heterocycles. The van der Waals surface area contributed by atoms with Gasteiger partial charge in [-0.1, -0.05) is 181 Å². The van der Waals surface area contributed by atoms with Gasteiger partial charge < -0.3 is 12.3 Å². The monoisotopic (exact) mass is 694 g/mol. The predicted molar refractivity (Wildman–Crippen MR) is 185 cm³/mol. The average molecular weight is 695 g/mol. The van der Waals surface area contributed by atoms with Crippen LogP contribution in [0.4, 0.5) is 0 Å². The van der Waals surface area contributed by atoms with Crippen LogP contribution in [-0.2, 0) is 29.2 Å². The summed E-state index contributed by atoms with van der Waals surface area (Å²) in [5.41, 5.74) is 0. The molecule has 7 nitrogen and oxygen atoms in total. The minimum absolute atomic E-state index is 0. The van der Waals surface area contributed by atoms with Gasteiger partial charge in [0.15, 0.2) is 5.25 Å². The molecule has 0 saturated heterocycles. The fourth-order valence-electron chi connectivity index (χ4n) is 5.57. The number of carbonyl (C=O) groups is 2. The molecule has 0 aromatic heterocycles. The molecule has 0 spiro atoms. The van der Waals surface area contributed by atoms with Gasteiger partial charge in [0.1, 0.15) is 0 Å². The number of esters is 2. The molecule has 0 bridgehead atoms. The topological polar surface area (TPSA) is 107 Å². The van der Waals surface area contributed by atoms with E-state index in [4.69, 9.17) is 9.47 Å². The van der Waals surface area contributed by atoms with Crippen LogP contribution < -0.4 is 59.1 Å². The molecular formula is C36H72Na2O7S. The van der Waals surface area contributed by atoms with Gasteiger partial charge in [0.2, 0.25) is 0 Å². The summed E-state index contributed by atoms with van der Waals surface area (Å²) in [5, 5.41) is -1.93. The van der Waals surface area contributed by atoms with Crippen LogP contribution >= 0.6 is 0 Å². The number of ether oxygens (including phenoxy) is 2. The van der Waals surface area contributed by atoms with Gasteiger partial charge in [-0.2, -0.15) is 8.42 Å². The Labute approximate surface area is 331 Å². The fraction of sp³-hybridized carbons (Fsp3) is 0.944. The number of hydrogen-bond acceptors (Lipinski definition) is 6. The zero-order valence-corrected chi connectivity index (χ0v) is 35.6. The smallest absolute Gasteiger partial charge is 1.00 e. The van der Waals surface area contributed by atoms with Gasteiger partial charge in [0.05, 0.1) is 19.6 Å². The fourth-order valence-corrected chi connectivity index (χ4v) is 6.22. The van der Waals surface area contributed by atoms with Crippen molar-refractivity contribution in [2.75, 3.05) is 13.2 Å². The molecule has 0 fully saturated rings. The van der Waals surface area contributed by atoms with Crippen molar-refractivity contribution < 1.29 is 94.0 Å². The largest absolute Gasteiger partial charge is 1.00 e. The van der Waals surface area contributed by atoms with Crippen LogP contribution in [0.1, 0.15) is 203 Å². The zero-order valence-electron chi connectivity index (χ0n) is 32.8. The number of hydrogen-bond donors (Lipinski definition) is 1. The van der Waals surface area contributed by atoms with E-state index in [0.29, 0.717) is 12.8 Å². The Morgan fingerprint density at radius 1 is 0.500 bits per heavy atom. The maximum Gasteiger partial charge on any atom is 1.00 e. The van der Waals surface area contributed by atoms with E-state index in [-0.39, 0.29) is 75.2 Å². The van der Waals surface area contributed by atoms with Crippen molar-refractivity contribution in [3.05, 3.63) is 0 Å². The van der Waals surface area contributed by atoms with Gasteiger partial charge >= 0.3 is 71.1 Å². The number of rotatable bonds is 34. The molecule has 266 valence electrons. The molecule has 0 radical (unpaired) electrons.